The number of nitrogens with two attached hydrogens (primary N) is 1. The van der Waals surface area contributed by atoms with Crippen molar-refractivity contribution in [1.29, 1.82) is 0 Å². The number of fused-ring (bicyclic) bond motifs is 1. The lowest BCUT2D eigenvalue weighted by molar-refractivity contribution is -0.647. The average molecular weight is 887 g/mol. The predicted molar refractivity (Wildman–Crippen MR) is 241 cm³/mol. The highest BCUT2D eigenvalue weighted by molar-refractivity contribution is 8.31. The Kier molecular flexibility index (Phi) is 15.4. The normalized spacial score (nSPS) is 15.7. The molecule has 3 aromatic heterocycles. The van der Waals surface area contributed by atoms with Crippen LogP contribution in [0.3, 0.4) is 0 Å². The van der Waals surface area contributed by atoms with Crippen LogP contribution in [0.25, 0.3) is 11.0 Å². The minimum Gasteiger partial charge on any atom is -0.375 e. The summed E-state index contributed by atoms with van der Waals surface area (Å²) in [5.41, 5.74) is 5.06. The molecule has 0 saturated carbocycles. The van der Waals surface area contributed by atoms with Gasteiger partial charge >= 0.3 is 0 Å². The molecule has 15 nitrogen and oxygen atoms in total. The Hall–Kier alpha value is -4.19. The molecule has 0 aliphatic carbocycles. The van der Waals surface area contributed by atoms with Crippen LogP contribution in [0.1, 0.15) is 121 Å². The number of hydrogen-bond acceptors (Lipinski definition) is 9. The molecular formula is C45H73FN9O6S+. The van der Waals surface area contributed by atoms with E-state index in [1.54, 1.807) is 6.92 Å². The summed E-state index contributed by atoms with van der Waals surface area (Å²) < 4.78 is 34.9. The van der Waals surface area contributed by atoms with Gasteiger partial charge in [0, 0.05) is 60.4 Å². The maximum atomic E-state index is 17.8. The Morgan fingerprint density at radius 3 is 2.05 bits per heavy atom. The molecule has 4 heterocycles. The van der Waals surface area contributed by atoms with Gasteiger partial charge in [-0.3, -0.25) is 24.1 Å². The molecule has 1 atom stereocenters. The van der Waals surface area contributed by atoms with Gasteiger partial charge in [0.25, 0.3) is 17.5 Å². The van der Waals surface area contributed by atoms with E-state index in [4.69, 9.17) is 15.2 Å². The van der Waals surface area contributed by atoms with Crippen LogP contribution >= 0.6 is 10.4 Å². The quantitative estimate of drug-likeness (QED) is 0.0919. The van der Waals surface area contributed by atoms with Crippen molar-refractivity contribution >= 4 is 45.1 Å². The van der Waals surface area contributed by atoms with Crippen molar-refractivity contribution in [2.24, 2.45) is 12.8 Å². The zero-order valence-corrected chi connectivity index (χ0v) is 40.4. The third-order valence-corrected chi connectivity index (χ3v) is 15.7. The van der Waals surface area contributed by atoms with E-state index in [2.05, 4.69) is 39.4 Å². The molecule has 3 aromatic rings. The van der Waals surface area contributed by atoms with E-state index in [1.165, 1.54) is 12.2 Å². The lowest BCUT2D eigenvalue weighted by Crippen LogP contribution is -2.56. The fraction of sp³-hybridized carbons (Fsp3) is 0.667. The molecule has 0 radical (unpaired) electrons. The summed E-state index contributed by atoms with van der Waals surface area (Å²) in [5, 5.41) is 16.5. The predicted octanol–water partition coefficient (Wildman–Crippen LogP) is 5.51. The van der Waals surface area contributed by atoms with Gasteiger partial charge in [0.2, 0.25) is 11.8 Å². The zero-order chi connectivity index (χ0) is 46.7. The number of aryl methyl sites for hydroxylation is 1. The van der Waals surface area contributed by atoms with E-state index in [-0.39, 0.29) is 31.4 Å². The first-order chi connectivity index (χ1) is 28.4. The van der Waals surface area contributed by atoms with Crippen LogP contribution in [0.5, 0.6) is 0 Å². The third-order valence-electron chi connectivity index (χ3n) is 11.4. The van der Waals surface area contributed by atoms with Crippen LogP contribution in [0, 0.1) is 0 Å². The molecule has 346 valence electrons. The Bertz CT molecular complexity index is 2090. The highest BCUT2D eigenvalue weighted by Crippen LogP contribution is 2.74. The Morgan fingerprint density at radius 2 is 1.45 bits per heavy atom. The van der Waals surface area contributed by atoms with Crippen molar-refractivity contribution in [3.8, 4) is 0 Å². The summed E-state index contributed by atoms with van der Waals surface area (Å²) in [5.74, 6) is -1.49. The monoisotopic (exact) mass is 887 g/mol. The standard InChI is InChI=1S/C45H72FN9O6S/c1-40(2,3)62(46,41(4,5)6)37-28-32-16-15-25-52(14)38(32)54(37)29-33-30-55(51-50-33)42(7,8)22-27-60-43(9,10)21-24-49-39(59)45(13,47)31-61-44(11,12)20-23-48-34(56)19-26-53-35(57)17-18-36(53)58/h15-18,25,28,30H,19-24,26-27,29,31,47H2,1-14H3,(H-,48,49,56,59)/p+1. The van der Waals surface area contributed by atoms with E-state index in [9.17, 15) is 19.2 Å². The van der Waals surface area contributed by atoms with Crippen molar-refractivity contribution < 1.29 is 37.1 Å². The van der Waals surface area contributed by atoms with Gasteiger partial charge in [-0.1, -0.05) is 5.21 Å². The number of imide groups is 1. The maximum absolute atomic E-state index is 17.8. The Labute approximate surface area is 369 Å². The minimum atomic E-state index is -2.85. The molecule has 4 N–H and O–H groups in total. The molecule has 0 spiro atoms. The molecule has 4 amide bonds. The number of halogens is 1. The average Bonchev–Trinajstić information content (AvgIpc) is 3.86. The first kappa shape index (κ1) is 50.5. The van der Waals surface area contributed by atoms with Crippen molar-refractivity contribution in [2.75, 3.05) is 32.8 Å². The van der Waals surface area contributed by atoms with Gasteiger partial charge in [-0.15, -0.1) is 5.10 Å². The topological polar surface area (TPSA) is 180 Å². The number of carbonyl (C=O) groups excluding carboxylic acids is 4. The number of nitrogens with one attached hydrogen (secondary N) is 2. The van der Waals surface area contributed by atoms with E-state index in [1.807, 2.05) is 116 Å². The second kappa shape index (κ2) is 18.9. The molecule has 4 rings (SSSR count). The molecular weight excluding hydrogens is 814 g/mol. The molecule has 1 aliphatic heterocycles. The second-order valence-electron chi connectivity index (χ2n) is 20.5. The van der Waals surface area contributed by atoms with E-state index in [0.29, 0.717) is 50.5 Å². The highest BCUT2D eigenvalue weighted by Gasteiger charge is 2.52. The number of aromatic nitrogens is 5. The Balaban J connectivity index is 1.25. The first-order valence-corrected chi connectivity index (χ1v) is 23.0. The molecule has 0 aromatic carbocycles. The largest absolute Gasteiger partial charge is 0.375 e. The molecule has 17 heteroatoms. The van der Waals surface area contributed by atoms with Crippen LogP contribution in [0.15, 0.2) is 47.8 Å². The lowest BCUT2D eigenvalue weighted by atomic mass is 10.00. The van der Waals surface area contributed by atoms with Gasteiger partial charge in [0.15, 0.2) is 5.03 Å². The van der Waals surface area contributed by atoms with E-state index < -0.39 is 54.0 Å². The minimum absolute atomic E-state index is 0.000569. The number of amides is 4. The smallest absolute Gasteiger partial charge is 0.289 e. The van der Waals surface area contributed by atoms with Gasteiger partial charge in [0.1, 0.15) is 17.8 Å². The summed E-state index contributed by atoms with van der Waals surface area (Å²) >= 11 is 0. The highest BCUT2D eigenvalue weighted by atomic mass is 32.3. The van der Waals surface area contributed by atoms with Gasteiger partial charge in [-0.25, -0.2) is 13.8 Å². The van der Waals surface area contributed by atoms with Crippen molar-refractivity contribution in [1.82, 2.24) is 35.1 Å². The van der Waals surface area contributed by atoms with Crippen molar-refractivity contribution in [3.05, 3.63) is 48.4 Å². The molecule has 0 fully saturated rings. The summed E-state index contributed by atoms with van der Waals surface area (Å²) in [4.78, 5) is 49.8. The van der Waals surface area contributed by atoms with E-state index >= 15 is 3.89 Å². The summed E-state index contributed by atoms with van der Waals surface area (Å²) in [7, 11) is -0.862. The summed E-state index contributed by atoms with van der Waals surface area (Å²) in [6.07, 6.45) is 7.93. The van der Waals surface area contributed by atoms with Crippen molar-refractivity contribution in [3.63, 3.8) is 0 Å². The number of hydrogen-bond donors (Lipinski definition) is 3. The fourth-order valence-electron chi connectivity index (χ4n) is 7.54. The van der Waals surface area contributed by atoms with Crippen molar-refractivity contribution in [2.45, 2.75) is 159 Å². The summed E-state index contributed by atoms with van der Waals surface area (Å²) in [6, 6.07) is 6.04. The van der Waals surface area contributed by atoms with Crippen LogP contribution < -0.4 is 20.9 Å². The second-order valence-corrected chi connectivity index (χ2v) is 24.5. The molecule has 0 bridgehead atoms. The zero-order valence-electron chi connectivity index (χ0n) is 39.6. The number of ether oxygens (including phenoxy) is 2. The third kappa shape index (κ3) is 12.1. The number of pyridine rings is 1. The SMILES string of the molecule is C[n+]1cccc2cc(S(F)(C(C)(C)C)C(C)(C)C)n(Cc3cn(C(C)(C)CCOC(C)(C)CCNC(=O)C(C)(N)COC(C)(C)CCNC(=O)CCN4C(=O)C=CC4=O)nn3)c21. The van der Waals surface area contributed by atoms with Gasteiger partial charge < -0.3 is 25.8 Å². The van der Waals surface area contributed by atoms with Gasteiger partial charge in [-0.2, -0.15) is 3.89 Å². The number of nitrogens with zero attached hydrogens (tertiary/aromatic N) is 6. The van der Waals surface area contributed by atoms with Crippen LogP contribution in [0.4, 0.5) is 3.89 Å². The van der Waals surface area contributed by atoms with E-state index in [0.717, 1.165) is 21.6 Å². The number of rotatable bonds is 21. The van der Waals surface area contributed by atoms with Gasteiger partial charge in [-0.05, 0) is 132 Å². The van der Waals surface area contributed by atoms with Crippen LogP contribution in [-0.2, 0) is 47.8 Å². The molecule has 0 saturated heterocycles. The van der Waals surface area contributed by atoms with Gasteiger partial charge in [0.05, 0.1) is 48.2 Å². The molecule has 1 unspecified atom stereocenters. The summed E-state index contributed by atoms with van der Waals surface area (Å²) in [6.45, 7) is 26.8. The van der Waals surface area contributed by atoms with Crippen LogP contribution in [-0.4, -0.2) is 107 Å². The van der Waals surface area contributed by atoms with Crippen LogP contribution in [0.2, 0.25) is 0 Å². The number of carbonyl (C=O) groups is 4. The molecule has 1 aliphatic rings. The first-order valence-electron chi connectivity index (χ1n) is 21.5. The maximum Gasteiger partial charge on any atom is 0.289 e. The molecule has 62 heavy (non-hydrogen) atoms. The fourth-order valence-corrected chi connectivity index (χ4v) is 11.4. The lowest BCUT2D eigenvalue weighted by Gasteiger charge is -2.50. The Morgan fingerprint density at radius 1 is 0.871 bits per heavy atom.